The van der Waals surface area contributed by atoms with Gasteiger partial charge in [0.25, 0.3) is 0 Å². The second-order valence-electron chi connectivity index (χ2n) is 5.62. The number of halogens is 3. The van der Waals surface area contributed by atoms with Crippen LogP contribution in [-0.2, 0) is 6.18 Å². The van der Waals surface area contributed by atoms with Crippen LogP contribution >= 0.6 is 11.8 Å². The minimum absolute atomic E-state index is 0.296. The van der Waals surface area contributed by atoms with Crippen LogP contribution in [0.2, 0.25) is 0 Å². The average Bonchev–Trinajstić information content (AvgIpc) is 2.65. The summed E-state index contributed by atoms with van der Waals surface area (Å²) in [7, 11) is 0. The van der Waals surface area contributed by atoms with Crippen molar-refractivity contribution < 1.29 is 18.0 Å². The SMILES string of the molecule is O=C(NCCSc1cc(C(F)(F)F)nc2ccccc12)Nc1ccccc1. The van der Waals surface area contributed by atoms with Crippen molar-refractivity contribution in [2.75, 3.05) is 17.6 Å². The minimum atomic E-state index is -4.51. The summed E-state index contributed by atoms with van der Waals surface area (Å²) in [6, 6.07) is 16.4. The van der Waals surface area contributed by atoms with Crippen LogP contribution in [0.25, 0.3) is 10.9 Å². The van der Waals surface area contributed by atoms with E-state index in [1.54, 1.807) is 48.5 Å². The van der Waals surface area contributed by atoms with Gasteiger partial charge in [0.15, 0.2) is 0 Å². The van der Waals surface area contributed by atoms with Gasteiger partial charge in [-0.15, -0.1) is 11.8 Å². The molecule has 0 aliphatic carbocycles. The maximum atomic E-state index is 13.1. The number of benzene rings is 2. The number of para-hydroxylation sites is 2. The molecule has 0 aliphatic heterocycles. The number of carbonyl (C=O) groups excluding carboxylic acids is 1. The predicted molar refractivity (Wildman–Crippen MR) is 101 cm³/mol. The molecule has 0 spiro atoms. The van der Waals surface area contributed by atoms with Crippen LogP contribution in [0, 0.1) is 0 Å². The highest BCUT2D eigenvalue weighted by Gasteiger charge is 2.33. The van der Waals surface area contributed by atoms with Gasteiger partial charge in [-0.1, -0.05) is 36.4 Å². The van der Waals surface area contributed by atoms with E-state index >= 15 is 0 Å². The highest BCUT2D eigenvalue weighted by molar-refractivity contribution is 7.99. The van der Waals surface area contributed by atoms with E-state index in [4.69, 9.17) is 0 Å². The predicted octanol–water partition coefficient (Wildman–Crippen LogP) is 5.17. The third-order valence-corrected chi connectivity index (χ3v) is 4.70. The molecular weight excluding hydrogens is 375 g/mol. The Labute approximate surface area is 158 Å². The molecule has 0 bridgehead atoms. The number of amides is 2. The molecule has 8 heteroatoms. The molecule has 0 unspecified atom stereocenters. The number of hydrogen-bond donors (Lipinski definition) is 2. The molecule has 2 amide bonds. The van der Waals surface area contributed by atoms with Gasteiger partial charge in [0.1, 0.15) is 5.69 Å². The topological polar surface area (TPSA) is 54.0 Å². The van der Waals surface area contributed by atoms with Crippen LogP contribution in [-0.4, -0.2) is 23.3 Å². The molecule has 27 heavy (non-hydrogen) atoms. The lowest BCUT2D eigenvalue weighted by Crippen LogP contribution is -2.30. The van der Waals surface area contributed by atoms with Gasteiger partial charge >= 0.3 is 12.2 Å². The number of pyridine rings is 1. The number of nitrogens with zero attached hydrogens (tertiary/aromatic N) is 1. The van der Waals surface area contributed by atoms with Crippen molar-refractivity contribution in [3.8, 4) is 0 Å². The Kier molecular flexibility index (Phi) is 5.85. The Bertz CT molecular complexity index is 932. The van der Waals surface area contributed by atoms with E-state index in [0.717, 1.165) is 6.07 Å². The van der Waals surface area contributed by atoms with Crippen LogP contribution in [0.3, 0.4) is 0 Å². The Morgan fingerprint density at radius 1 is 1.04 bits per heavy atom. The second kappa shape index (κ2) is 8.30. The minimum Gasteiger partial charge on any atom is -0.337 e. The zero-order valence-electron chi connectivity index (χ0n) is 14.1. The van der Waals surface area contributed by atoms with E-state index in [0.29, 0.717) is 33.8 Å². The summed E-state index contributed by atoms with van der Waals surface area (Å²) in [5.74, 6) is 0.424. The third-order valence-electron chi connectivity index (χ3n) is 3.65. The molecule has 1 aromatic heterocycles. The molecule has 140 valence electrons. The molecule has 2 N–H and O–H groups in total. The zero-order valence-corrected chi connectivity index (χ0v) is 14.9. The van der Waals surface area contributed by atoms with Crippen LogP contribution in [0.1, 0.15) is 5.69 Å². The Morgan fingerprint density at radius 3 is 2.48 bits per heavy atom. The molecular formula is C19H16F3N3OS. The fraction of sp³-hybridized carbons (Fsp3) is 0.158. The smallest absolute Gasteiger partial charge is 0.337 e. The first kappa shape index (κ1) is 19.0. The molecule has 4 nitrogen and oxygen atoms in total. The first-order valence-electron chi connectivity index (χ1n) is 8.13. The Hall–Kier alpha value is -2.74. The summed E-state index contributed by atoms with van der Waals surface area (Å²) < 4.78 is 39.2. The quantitative estimate of drug-likeness (QED) is 0.466. The fourth-order valence-electron chi connectivity index (χ4n) is 2.43. The van der Waals surface area contributed by atoms with Gasteiger partial charge in [0, 0.05) is 28.3 Å². The molecule has 1 heterocycles. The molecule has 0 saturated heterocycles. The number of anilines is 1. The summed E-state index contributed by atoms with van der Waals surface area (Å²) in [4.78, 5) is 16.0. The van der Waals surface area contributed by atoms with Gasteiger partial charge in [-0.25, -0.2) is 9.78 Å². The van der Waals surface area contributed by atoms with Crippen molar-refractivity contribution in [2.24, 2.45) is 0 Å². The Balaban J connectivity index is 1.62. The van der Waals surface area contributed by atoms with Gasteiger partial charge in [-0.3, -0.25) is 0 Å². The van der Waals surface area contributed by atoms with Crippen LogP contribution < -0.4 is 10.6 Å². The highest BCUT2D eigenvalue weighted by atomic mass is 32.2. The van der Waals surface area contributed by atoms with Crippen molar-refractivity contribution in [2.45, 2.75) is 11.1 Å². The maximum Gasteiger partial charge on any atom is 0.433 e. The number of aromatic nitrogens is 1. The molecule has 3 rings (SSSR count). The number of hydrogen-bond acceptors (Lipinski definition) is 3. The average molecular weight is 391 g/mol. The van der Waals surface area contributed by atoms with Crippen LogP contribution in [0.5, 0.6) is 0 Å². The highest BCUT2D eigenvalue weighted by Crippen LogP contribution is 2.34. The lowest BCUT2D eigenvalue weighted by atomic mass is 10.2. The van der Waals surface area contributed by atoms with Crippen LogP contribution in [0.4, 0.5) is 23.7 Å². The van der Waals surface area contributed by atoms with E-state index in [1.165, 1.54) is 11.8 Å². The first-order valence-corrected chi connectivity index (χ1v) is 9.12. The van der Waals surface area contributed by atoms with Crippen LogP contribution in [0.15, 0.2) is 65.6 Å². The van der Waals surface area contributed by atoms with E-state index in [2.05, 4.69) is 15.6 Å². The number of carbonyl (C=O) groups is 1. The molecule has 2 aromatic carbocycles. The number of urea groups is 1. The van der Waals surface area contributed by atoms with Gasteiger partial charge in [-0.2, -0.15) is 13.2 Å². The number of rotatable bonds is 5. The van der Waals surface area contributed by atoms with E-state index < -0.39 is 11.9 Å². The van der Waals surface area contributed by atoms with Crippen molar-refractivity contribution in [3.05, 3.63) is 66.4 Å². The lowest BCUT2D eigenvalue weighted by molar-refractivity contribution is -0.141. The molecule has 0 aliphatic rings. The Morgan fingerprint density at radius 2 is 1.74 bits per heavy atom. The number of fused-ring (bicyclic) bond motifs is 1. The van der Waals surface area contributed by atoms with Gasteiger partial charge < -0.3 is 10.6 Å². The largest absolute Gasteiger partial charge is 0.433 e. The zero-order chi connectivity index (χ0) is 19.3. The number of nitrogens with one attached hydrogen (secondary N) is 2. The van der Waals surface area contributed by atoms with E-state index in [-0.39, 0.29) is 6.03 Å². The summed E-state index contributed by atoms with van der Waals surface area (Å²) in [6.45, 7) is 0.307. The van der Waals surface area contributed by atoms with Crippen molar-refractivity contribution in [1.29, 1.82) is 0 Å². The van der Waals surface area contributed by atoms with E-state index in [9.17, 15) is 18.0 Å². The molecule has 0 saturated carbocycles. The lowest BCUT2D eigenvalue weighted by Gasteiger charge is -2.12. The summed E-state index contributed by atoms with van der Waals surface area (Å²) in [6.07, 6.45) is -4.51. The summed E-state index contributed by atoms with van der Waals surface area (Å²) >= 11 is 1.25. The van der Waals surface area contributed by atoms with Gasteiger partial charge in [0.2, 0.25) is 0 Å². The maximum absolute atomic E-state index is 13.1. The van der Waals surface area contributed by atoms with Crippen molar-refractivity contribution >= 4 is 34.4 Å². The summed E-state index contributed by atoms with van der Waals surface area (Å²) in [5, 5.41) is 6.02. The first-order chi connectivity index (χ1) is 12.9. The van der Waals surface area contributed by atoms with E-state index in [1.807, 2.05) is 6.07 Å². The molecule has 0 radical (unpaired) electrons. The van der Waals surface area contributed by atoms with Crippen molar-refractivity contribution in [1.82, 2.24) is 10.3 Å². The molecule has 0 fully saturated rings. The fourth-order valence-corrected chi connectivity index (χ4v) is 3.38. The van der Waals surface area contributed by atoms with Gasteiger partial charge in [-0.05, 0) is 24.3 Å². The molecule has 3 aromatic rings. The van der Waals surface area contributed by atoms with Crippen molar-refractivity contribution in [3.63, 3.8) is 0 Å². The number of thioether (sulfide) groups is 1. The van der Waals surface area contributed by atoms with Gasteiger partial charge in [0.05, 0.1) is 5.52 Å². The third kappa shape index (κ3) is 5.13. The molecule has 0 atom stereocenters. The number of alkyl halides is 3. The normalized spacial score (nSPS) is 11.4. The second-order valence-corrected chi connectivity index (χ2v) is 6.75. The summed E-state index contributed by atoms with van der Waals surface area (Å²) in [5.41, 5.74) is 0.0423. The monoisotopic (exact) mass is 391 g/mol. The standard InChI is InChI=1S/C19H16F3N3OS/c20-19(21,22)17-12-16(14-8-4-5-9-15(14)25-17)27-11-10-23-18(26)24-13-6-2-1-3-7-13/h1-9,12H,10-11H2,(H2,23,24,26).